The number of hydrogen-bond acceptors (Lipinski definition) is 2. The van der Waals surface area contributed by atoms with Crippen molar-refractivity contribution in [2.75, 3.05) is 0 Å². The molecule has 1 aliphatic heterocycles. The Labute approximate surface area is 92.0 Å². The van der Waals surface area contributed by atoms with Gasteiger partial charge in [0.1, 0.15) is 6.10 Å². The molecule has 0 amide bonds. The van der Waals surface area contributed by atoms with Crippen molar-refractivity contribution in [3.05, 3.63) is 23.8 Å². The molecule has 0 N–H and O–H groups in total. The van der Waals surface area contributed by atoms with Gasteiger partial charge < -0.3 is 4.74 Å². The molecule has 0 bridgehead atoms. The van der Waals surface area contributed by atoms with Crippen molar-refractivity contribution in [3.63, 3.8) is 0 Å². The summed E-state index contributed by atoms with van der Waals surface area (Å²) in [5.41, 5.74) is 1.80. The highest BCUT2D eigenvalue weighted by atomic mass is 16.5. The van der Waals surface area contributed by atoms with E-state index in [1.165, 1.54) is 0 Å². The molecule has 0 radical (unpaired) electrons. The Morgan fingerprint density at radius 1 is 1.73 bits per heavy atom. The number of carbonyl (C=O) groups excluding carboxylic acids is 1. The molecule has 2 nitrogen and oxygen atoms in total. The van der Waals surface area contributed by atoms with E-state index in [2.05, 4.69) is 20.4 Å². The summed E-state index contributed by atoms with van der Waals surface area (Å²) < 4.78 is 5.11. The largest absolute Gasteiger partial charge is 0.459 e. The van der Waals surface area contributed by atoms with Gasteiger partial charge >= 0.3 is 5.97 Å². The van der Waals surface area contributed by atoms with Gasteiger partial charge in [-0.2, -0.15) is 0 Å². The molecular weight excluding hydrogens is 188 g/mol. The summed E-state index contributed by atoms with van der Waals surface area (Å²) in [4.78, 5) is 11.5. The second-order valence-corrected chi connectivity index (χ2v) is 4.64. The summed E-state index contributed by atoms with van der Waals surface area (Å²) in [5, 5.41) is 0. The van der Waals surface area contributed by atoms with Crippen LogP contribution in [0.4, 0.5) is 0 Å². The Hall–Kier alpha value is -1.05. The van der Waals surface area contributed by atoms with E-state index in [0.717, 1.165) is 24.0 Å². The highest BCUT2D eigenvalue weighted by molar-refractivity contribution is 5.90. The van der Waals surface area contributed by atoms with Crippen molar-refractivity contribution in [1.29, 1.82) is 0 Å². The summed E-state index contributed by atoms with van der Waals surface area (Å²) in [6, 6.07) is 0. The Balaban J connectivity index is 2.95. The standard InChI is InChI=1S/C13H20O2/c1-6-13(5,9(2)3)8-11-7-10(4)15-12(11)14/h8,10H,2,6-7H2,1,3-5H3/b11-8+/t10-,13?/m0/s1. The minimum atomic E-state index is -0.163. The van der Waals surface area contributed by atoms with Gasteiger partial charge in [-0.15, -0.1) is 0 Å². The van der Waals surface area contributed by atoms with Crippen LogP contribution in [0.1, 0.15) is 40.5 Å². The summed E-state index contributed by atoms with van der Waals surface area (Å²) in [7, 11) is 0. The second kappa shape index (κ2) is 4.21. The van der Waals surface area contributed by atoms with Gasteiger partial charge in [0, 0.05) is 17.4 Å². The van der Waals surface area contributed by atoms with Gasteiger partial charge in [0.25, 0.3) is 0 Å². The molecule has 0 aliphatic carbocycles. The number of rotatable bonds is 3. The molecule has 0 aromatic carbocycles. The summed E-state index contributed by atoms with van der Waals surface area (Å²) in [6.45, 7) is 12.1. The van der Waals surface area contributed by atoms with Crippen molar-refractivity contribution in [1.82, 2.24) is 0 Å². The highest BCUT2D eigenvalue weighted by Gasteiger charge is 2.29. The number of esters is 1. The van der Waals surface area contributed by atoms with Crippen LogP contribution in [0.15, 0.2) is 23.8 Å². The highest BCUT2D eigenvalue weighted by Crippen LogP contribution is 2.34. The van der Waals surface area contributed by atoms with Crippen molar-refractivity contribution < 1.29 is 9.53 Å². The number of ether oxygens (including phenoxy) is 1. The predicted octanol–water partition coefficient (Wildman–Crippen LogP) is 3.24. The third-order valence-electron chi connectivity index (χ3n) is 3.28. The van der Waals surface area contributed by atoms with E-state index in [9.17, 15) is 4.79 Å². The average molecular weight is 208 g/mol. The van der Waals surface area contributed by atoms with Gasteiger partial charge in [-0.3, -0.25) is 0 Å². The minimum Gasteiger partial charge on any atom is -0.459 e. The van der Waals surface area contributed by atoms with Crippen LogP contribution < -0.4 is 0 Å². The molecule has 2 heteroatoms. The molecule has 84 valence electrons. The van der Waals surface area contributed by atoms with E-state index in [1.54, 1.807) is 0 Å². The van der Waals surface area contributed by atoms with E-state index in [1.807, 2.05) is 19.9 Å². The lowest BCUT2D eigenvalue weighted by Crippen LogP contribution is -2.14. The molecular formula is C13H20O2. The fourth-order valence-electron chi connectivity index (χ4n) is 1.72. The van der Waals surface area contributed by atoms with Gasteiger partial charge in [-0.05, 0) is 20.3 Å². The zero-order valence-electron chi connectivity index (χ0n) is 10.1. The first-order valence-corrected chi connectivity index (χ1v) is 5.47. The number of cyclic esters (lactones) is 1. The number of allylic oxidation sites excluding steroid dienone is 2. The average Bonchev–Trinajstić information content (AvgIpc) is 2.44. The van der Waals surface area contributed by atoms with Gasteiger partial charge in [0.05, 0.1) is 0 Å². The first-order valence-electron chi connectivity index (χ1n) is 5.47. The number of carbonyl (C=O) groups is 1. The molecule has 1 aliphatic rings. The van der Waals surface area contributed by atoms with Crippen LogP contribution in [0.3, 0.4) is 0 Å². The SMILES string of the molecule is C=C(C)C(C)(/C=C1\C[C@H](C)OC1=O)CC. The molecule has 1 fully saturated rings. The lowest BCUT2D eigenvalue weighted by Gasteiger charge is -2.25. The Morgan fingerprint density at radius 2 is 2.33 bits per heavy atom. The first kappa shape index (κ1) is 12.0. The molecule has 0 saturated carbocycles. The maximum Gasteiger partial charge on any atom is 0.334 e. The molecule has 2 atom stereocenters. The Bertz CT molecular complexity index is 314. The zero-order valence-corrected chi connectivity index (χ0v) is 10.1. The van der Waals surface area contributed by atoms with Gasteiger partial charge in [-0.1, -0.05) is 32.1 Å². The van der Waals surface area contributed by atoms with E-state index in [4.69, 9.17) is 4.74 Å². The van der Waals surface area contributed by atoms with E-state index in [0.29, 0.717) is 0 Å². The smallest absolute Gasteiger partial charge is 0.334 e. The molecule has 1 rings (SSSR count). The van der Waals surface area contributed by atoms with Gasteiger partial charge in [0.2, 0.25) is 0 Å². The van der Waals surface area contributed by atoms with E-state index < -0.39 is 0 Å². The topological polar surface area (TPSA) is 26.3 Å². The quantitative estimate of drug-likeness (QED) is 0.404. The summed E-state index contributed by atoms with van der Waals surface area (Å²) >= 11 is 0. The van der Waals surface area contributed by atoms with Crippen molar-refractivity contribution >= 4 is 5.97 Å². The molecule has 1 saturated heterocycles. The lowest BCUT2D eigenvalue weighted by molar-refractivity contribution is -0.138. The maximum absolute atomic E-state index is 11.5. The normalized spacial score (nSPS) is 27.6. The monoisotopic (exact) mass is 208 g/mol. The maximum atomic E-state index is 11.5. The van der Waals surface area contributed by atoms with Crippen LogP contribution in [0.5, 0.6) is 0 Å². The third-order valence-corrected chi connectivity index (χ3v) is 3.28. The molecule has 15 heavy (non-hydrogen) atoms. The van der Waals surface area contributed by atoms with Crippen LogP contribution in [0.2, 0.25) is 0 Å². The van der Waals surface area contributed by atoms with Crippen LogP contribution in [-0.4, -0.2) is 12.1 Å². The molecule has 1 unspecified atom stereocenters. The minimum absolute atomic E-state index is 0.0231. The fourth-order valence-corrected chi connectivity index (χ4v) is 1.72. The van der Waals surface area contributed by atoms with Crippen LogP contribution in [-0.2, 0) is 9.53 Å². The number of hydrogen-bond donors (Lipinski definition) is 0. The third kappa shape index (κ3) is 2.49. The van der Waals surface area contributed by atoms with Crippen molar-refractivity contribution in [3.8, 4) is 0 Å². The fraction of sp³-hybridized carbons (Fsp3) is 0.615. The molecule has 0 spiro atoms. The van der Waals surface area contributed by atoms with Crippen LogP contribution in [0.25, 0.3) is 0 Å². The first-order chi connectivity index (χ1) is 6.89. The van der Waals surface area contributed by atoms with E-state index >= 15 is 0 Å². The van der Waals surface area contributed by atoms with E-state index in [-0.39, 0.29) is 17.5 Å². The van der Waals surface area contributed by atoms with Crippen LogP contribution >= 0.6 is 0 Å². The zero-order chi connectivity index (χ0) is 11.6. The second-order valence-electron chi connectivity index (χ2n) is 4.64. The summed E-state index contributed by atoms with van der Waals surface area (Å²) in [6.07, 6.45) is 3.73. The van der Waals surface area contributed by atoms with Gasteiger partial charge in [-0.25, -0.2) is 4.79 Å². The van der Waals surface area contributed by atoms with Crippen LogP contribution in [0, 0.1) is 5.41 Å². The molecule has 0 aromatic rings. The van der Waals surface area contributed by atoms with Crippen molar-refractivity contribution in [2.24, 2.45) is 5.41 Å². The summed E-state index contributed by atoms with van der Waals surface area (Å²) in [5.74, 6) is -0.163. The lowest BCUT2D eigenvalue weighted by atomic mass is 9.79. The Kier molecular flexibility index (Phi) is 3.38. The van der Waals surface area contributed by atoms with Gasteiger partial charge in [0.15, 0.2) is 0 Å². The molecule has 0 aromatic heterocycles. The molecule has 1 heterocycles. The van der Waals surface area contributed by atoms with Crippen molar-refractivity contribution in [2.45, 2.75) is 46.6 Å². The Morgan fingerprint density at radius 3 is 2.67 bits per heavy atom. The predicted molar refractivity (Wildman–Crippen MR) is 61.5 cm³/mol.